The molecule has 15 heteroatoms. The van der Waals surface area contributed by atoms with Gasteiger partial charge in [0.15, 0.2) is 5.78 Å². The Bertz CT molecular complexity index is 1330. The van der Waals surface area contributed by atoms with E-state index >= 15 is 0 Å². The lowest BCUT2D eigenvalue weighted by atomic mass is 9.97. The van der Waals surface area contributed by atoms with E-state index in [1.165, 1.54) is 14.2 Å². The standard InChI is InChI=1S/C13H14F3NO4.C13H12F3NO3/c1-20-4-3-11(18)7-5-8(12(19)21-2)10(17)6-9(7)13(14,15)16;1-19-5-3-4-8-6-9(12(18)20-2)11(17)7-10(8)13(14,15)16/h5-6H,3-4,17H2,1-2H3;6-7H,5,17H2,1-2H3. The summed E-state index contributed by atoms with van der Waals surface area (Å²) in [7, 11) is 4.85. The zero-order chi connectivity index (χ0) is 31.5. The van der Waals surface area contributed by atoms with Gasteiger partial charge in [0.1, 0.15) is 6.61 Å². The molecule has 0 saturated heterocycles. The number of carbonyl (C=O) groups is 3. The number of hydrogen-bond donors (Lipinski definition) is 2. The van der Waals surface area contributed by atoms with E-state index in [1.54, 1.807) is 0 Å². The minimum Gasteiger partial charge on any atom is -0.465 e. The van der Waals surface area contributed by atoms with E-state index < -0.39 is 52.5 Å². The molecule has 0 bridgehead atoms. The number of nitrogen functional groups attached to an aromatic ring is 2. The average molecular weight is 592 g/mol. The minimum absolute atomic E-state index is 0.0325. The highest BCUT2D eigenvalue weighted by atomic mass is 19.4. The number of nitrogens with two attached hydrogens (primary N) is 2. The van der Waals surface area contributed by atoms with E-state index in [4.69, 9.17) is 11.5 Å². The first-order chi connectivity index (χ1) is 19.0. The van der Waals surface area contributed by atoms with Crippen molar-refractivity contribution in [2.24, 2.45) is 0 Å². The first-order valence-corrected chi connectivity index (χ1v) is 11.2. The third-order valence-electron chi connectivity index (χ3n) is 5.07. The van der Waals surface area contributed by atoms with Crippen molar-refractivity contribution in [1.29, 1.82) is 0 Å². The van der Waals surface area contributed by atoms with E-state index in [0.29, 0.717) is 12.1 Å². The summed E-state index contributed by atoms with van der Waals surface area (Å²) < 4.78 is 95.7. The molecule has 224 valence electrons. The van der Waals surface area contributed by atoms with Crippen LogP contribution in [-0.4, -0.2) is 59.4 Å². The fourth-order valence-corrected chi connectivity index (χ4v) is 3.14. The van der Waals surface area contributed by atoms with Gasteiger partial charge in [-0.1, -0.05) is 11.8 Å². The van der Waals surface area contributed by atoms with Crippen molar-refractivity contribution in [1.82, 2.24) is 0 Å². The van der Waals surface area contributed by atoms with Gasteiger partial charge in [0, 0.05) is 43.1 Å². The number of ether oxygens (including phenoxy) is 4. The molecule has 2 aromatic carbocycles. The second kappa shape index (κ2) is 14.9. The van der Waals surface area contributed by atoms with Crippen LogP contribution < -0.4 is 11.5 Å². The molecule has 0 heterocycles. The van der Waals surface area contributed by atoms with E-state index in [2.05, 4.69) is 30.8 Å². The van der Waals surface area contributed by atoms with Gasteiger partial charge in [-0.3, -0.25) is 4.79 Å². The van der Waals surface area contributed by atoms with Crippen LogP contribution in [0.25, 0.3) is 0 Å². The van der Waals surface area contributed by atoms with Gasteiger partial charge < -0.3 is 30.4 Å². The molecule has 0 aliphatic heterocycles. The molecule has 41 heavy (non-hydrogen) atoms. The Kier molecular flexibility index (Phi) is 12.6. The molecule has 9 nitrogen and oxygen atoms in total. The molecule has 0 radical (unpaired) electrons. The maximum absolute atomic E-state index is 13.0. The van der Waals surface area contributed by atoms with Gasteiger partial charge in [-0.05, 0) is 24.3 Å². The highest BCUT2D eigenvalue weighted by Crippen LogP contribution is 2.36. The number of esters is 2. The van der Waals surface area contributed by atoms with Crippen LogP contribution in [0.15, 0.2) is 24.3 Å². The zero-order valence-corrected chi connectivity index (χ0v) is 22.2. The molecular formula is C26H26F6N2O7. The number of hydrogen-bond acceptors (Lipinski definition) is 9. The Balaban J connectivity index is 0.000000410. The van der Waals surface area contributed by atoms with Crippen molar-refractivity contribution in [3.8, 4) is 11.8 Å². The Labute approximate surface area is 230 Å². The highest BCUT2D eigenvalue weighted by Gasteiger charge is 2.37. The molecule has 2 rings (SSSR count). The summed E-state index contributed by atoms with van der Waals surface area (Å²) in [6.45, 7) is -0.0662. The smallest absolute Gasteiger partial charge is 0.417 e. The van der Waals surface area contributed by atoms with E-state index in [1.807, 2.05) is 0 Å². The predicted molar refractivity (Wildman–Crippen MR) is 134 cm³/mol. The Hall–Kier alpha value is -4.29. The summed E-state index contributed by atoms with van der Waals surface area (Å²) in [5.41, 5.74) is 6.52. The molecule has 0 atom stereocenters. The number of alkyl halides is 6. The first-order valence-electron chi connectivity index (χ1n) is 11.2. The Morgan fingerprint density at radius 2 is 1.22 bits per heavy atom. The first kappa shape index (κ1) is 34.7. The van der Waals surface area contributed by atoms with E-state index in [0.717, 1.165) is 26.4 Å². The zero-order valence-electron chi connectivity index (χ0n) is 22.2. The van der Waals surface area contributed by atoms with Crippen LogP contribution in [0.4, 0.5) is 37.7 Å². The molecule has 0 unspecified atom stereocenters. The number of benzene rings is 2. The number of carbonyl (C=O) groups excluding carboxylic acids is 3. The Morgan fingerprint density at radius 3 is 1.66 bits per heavy atom. The molecule has 0 aliphatic carbocycles. The van der Waals surface area contributed by atoms with Crippen molar-refractivity contribution >= 4 is 29.1 Å². The molecule has 0 fully saturated rings. The van der Waals surface area contributed by atoms with Gasteiger partial charge in [-0.2, -0.15) is 26.3 Å². The molecule has 2 aromatic rings. The van der Waals surface area contributed by atoms with Crippen molar-refractivity contribution in [3.05, 3.63) is 57.6 Å². The van der Waals surface area contributed by atoms with Crippen LogP contribution in [0.3, 0.4) is 0 Å². The van der Waals surface area contributed by atoms with Gasteiger partial charge in [0.25, 0.3) is 0 Å². The number of anilines is 2. The molecular weight excluding hydrogens is 566 g/mol. The number of methoxy groups -OCH3 is 4. The number of Topliss-reactive ketones (excluding diaryl/α,β-unsaturated/α-hetero) is 1. The maximum atomic E-state index is 13.0. The monoisotopic (exact) mass is 592 g/mol. The summed E-state index contributed by atoms with van der Waals surface area (Å²) in [5, 5.41) is 0. The van der Waals surface area contributed by atoms with Gasteiger partial charge in [-0.25, -0.2) is 9.59 Å². The Morgan fingerprint density at radius 1 is 0.732 bits per heavy atom. The van der Waals surface area contributed by atoms with E-state index in [-0.39, 0.29) is 42.0 Å². The quantitative estimate of drug-likeness (QED) is 0.158. The van der Waals surface area contributed by atoms with Gasteiger partial charge >= 0.3 is 24.3 Å². The van der Waals surface area contributed by atoms with Crippen molar-refractivity contribution < 1.29 is 59.7 Å². The SMILES string of the molecule is COCC#Cc1cc(C(=O)OC)c(N)cc1C(F)(F)F.COCCC(=O)c1cc(C(=O)OC)c(N)cc1C(F)(F)F. The number of halogens is 6. The van der Waals surface area contributed by atoms with Crippen LogP contribution >= 0.6 is 0 Å². The van der Waals surface area contributed by atoms with Crippen LogP contribution in [-0.2, 0) is 31.3 Å². The largest absolute Gasteiger partial charge is 0.465 e. The van der Waals surface area contributed by atoms with E-state index in [9.17, 15) is 40.7 Å². The molecule has 0 aromatic heterocycles. The topological polar surface area (TPSA) is 140 Å². The molecule has 0 saturated carbocycles. The van der Waals surface area contributed by atoms with Crippen molar-refractivity contribution in [2.45, 2.75) is 18.8 Å². The summed E-state index contributed by atoms with van der Waals surface area (Å²) in [5.74, 6) is 2.17. The maximum Gasteiger partial charge on any atom is 0.417 e. The third kappa shape index (κ3) is 9.69. The van der Waals surface area contributed by atoms with Crippen LogP contribution in [0.5, 0.6) is 0 Å². The normalized spacial score (nSPS) is 11.0. The summed E-state index contributed by atoms with van der Waals surface area (Å²) in [6, 6.07) is 3.00. The fraction of sp³-hybridized carbons (Fsp3) is 0.346. The van der Waals surface area contributed by atoms with Gasteiger partial charge in [-0.15, -0.1) is 0 Å². The minimum atomic E-state index is -4.76. The average Bonchev–Trinajstić information content (AvgIpc) is 2.90. The second-order valence-electron chi connectivity index (χ2n) is 7.85. The molecule has 0 aliphatic rings. The van der Waals surface area contributed by atoms with Crippen molar-refractivity contribution in [3.63, 3.8) is 0 Å². The lowest BCUT2D eigenvalue weighted by Gasteiger charge is -2.15. The van der Waals surface area contributed by atoms with Crippen molar-refractivity contribution in [2.75, 3.05) is 53.1 Å². The summed E-state index contributed by atoms with van der Waals surface area (Å²) in [4.78, 5) is 34.8. The lowest BCUT2D eigenvalue weighted by molar-refractivity contribution is -0.138. The van der Waals surface area contributed by atoms with Crippen LogP contribution in [0.1, 0.15) is 54.2 Å². The lowest BCUT2D eigenvalue weighted by Crippen LogP contribution is -2.17. The second-order valence-corrected chi connectivity index (χ2v) is 7.85. The third-order valence-corrected chi connectivity index (χ3v) is 5.07. The van der Waals surface area contributed by atoms with Crippen LogP contribution in [0.2, 0.25) is 0 Å². The summed E-state index contributed by atoms with van der Waals surface area (Å²) in [6.07, 6.45) is -9.63. The predicted octanol–water partition coefficient (Wildman–Crippen LogP) is 4.37. The fourth-order valence-electron chi connectivity index (χ4n) is 3.14. The van der Waals surface area contributed by atoms with Gasteiger partial charge in [0.2, 0.25) is 0 Å². The highest BCUT2D eigenvalue weighted by molar-refractivity contribution is 6.03. The van der Waals surface area contributed by atoms with Crippen LogP contribution in [0, 0.1) is 11.8 Å². The molecule has 4 N–H and O–H groups in total. The number of rotatable bonds is 7. The van der Waals surface area contributed by atoms with Gasteiger partial charge in [0.05, 0.1) is 43.1 Å². The number of ketones is 1. The summed E-state index contributed by atoms with van der Waals surface area (Å²) >= 11 is 0. The molecule has 0 amide bonds. The molecule has 0 spiro atoms.